The Bertz CT molecular complexity index is 542. The molecule has 0 aliphatic carbocycles. The van der Waals surface area contributed by atoms with E-state index >= 15 is 0 Å². The molecule has 4 nitrogen and oxygen atoms in total. The van der Waals surface area contributed by atoms with Gasteiger partial charge in [-0.1, -0.05) is 36.4 Å². The zero-order chi connectivity index (χ0) is 15.1. The van der Waals surface area contributed by atoms with Gasteiger partial charge in [-0.15, -0.1) is 0 Å². The van der Waals surface area contributed by atoms with E-state index in [1.807, 2.05) is 12.3 Å². The fourth-order valence-electron chi connectivity index (χ4n) is 2.20. The number of imidazole rings is 1. The Morgan fingerprint density at radius 3 is 2.95 bits per heavy atom. The fourth-order valence-corrected chi connectivity index (χ4v) is 3.10. The molecule has 0 saturated carbocycles. The summed E-state index contributed by atoms with van der Waals surface area (Å²) in [6, 6.07) is 6.58. The summed E-state index contributed by atoms with van der Waals surface area (Å²) in [5.41, 5.74) is 2.46. The molecule has 0 radical (unpaired) electrons. The lowest BCUT2D eigenvalue weighted by molar-refractivity contribution is 0.402. The van der Waals surface area contributed by atoms with Crippen molar-refractivity contribution >= 4 is 11.8 Å². The predicted molar refractivity (Wildman–Crippen MR) is 88.1 cm³/mol. The van der Waals surface area contributed by atoms with Gasteiger partial charge in [-0.3, -0.25) is 0 Å². The van der Waals surface area contributed by atoms with Gasteiger partial charge in [0, 0.05) is 29.8 Å². The fraction of sp³-hybridized carbons (Fsp3) is 0.438. The maximum absolute atomic E-state index is 5.53. The number of hydrogen-bond acceptors (Lipinski definition) is 4. The molecule has 0 aliphatic heterocycles. The van der Waals surface area contributed by atoms with Crippen LogP contribution >= 0.6 is 11.8 Å². The van der Waals surface area contributed by atoms with Crippen molar-refractivity contribution in [2.45, 2.75) is 31.5 Å². The average molecular weight is 305 g/mol. The lowest BCUT2D eigenvalue weighted by Gasteiger charge is -2.21. The van der Waals surface area contributed by atoms with Gasteiger partial charge in [0.2, 0.25) is 0 Å². The molecule has 1 heterocycles. The first-order valence-electron chi connectivity index (χ1n) is 7.24. The second kappa shape index (κ2) is 8.10. The Morgan fingerprint density at radius 1 is 1.43 bits per heavy atom. The molecule has 5 heteroatoms. The third-order valence-corrected chi connectivity index (χ3v) is 4.26. The van der Waals surface area contributed by atoms with Crippen LogP contribution in [0.3, 0.4) is 0 Å². The van der Waals surface area contributed by atoms with Gasteiger partial charge in [0.25, 0.3) is 0 Å². The van der Waals surface area contributed by atoms with E-state index in [2.05, 4.69) is 41.3 Å². The monoisotopic (exact) mass is 305 g/mol. The van der Waals surface area contributed by atoms with Crippen LogP contribution in [0, 0.1) is 6.92 Å². The molecule has 0 spiro atoms. The number of benzene rings is 1. The van der Waals surface area contributed by atoms with E-state index in [4.69, 9.17) is 4.74 Å². The summed E-state index contributed by atoms with van der Waals surface area (Å²) in [5, 5.41) is 4.56. The van der Waals surface area contributed by atoms with Crippen molar-refractivity contribution in [1.29, 1.82) is 0 Å². The van der Waals surface area contributed by atoms with Crippen LogP contribution in [0.1, 0.15) is 30.5 Å². The highest BCUT2D eigenvalue weighted by atomic mass is 32.2. The second-order valence-corrected chi connectivity index (χ2v) is 5.97. The van der Waals surface area contributed by atoms with Crippen molar-refractivity contribution in [2.24, 2.45) is 0 Å². The molecular weight excluding hydrogens is 282 g/mol. The largest absolute Gasteiger partial charge is 0.496 e. The molecule has 1 aromatic carbocycles. The normalized spacial score (nSPS) is 12.3. The van der Waals surface area contributed by atoms with Gasteiger partial charge in [-0.25, -0.2) is 4.98 Å². The highest BCUT2D eigenvalue weighted by molar-refractivity contribution is 7.99. The molecular formula is C16H23N3OS. The Hall–Kier alpha value is -1.46. The first-order valence-corrected chi connectivity index (χ1v) is 8.23. The Balaban J connectivity index is 2.16. The quantitative estimate of drug-likeness (QED) is 0.732. The Morgan fingerprint density at radius 2 is 2.29 bits per heavy atom. The predicted octanol–water partition coefficient (Wildman–Crippen LogP) is 3.56. The van der Waals surface area contributed by atoms with Crippen molar-refractivity contribution in [3.05, 3.63) is 41.7 Å². The van der Waals surface area contributed by atoms with Crippen molar-refractivity contribution in [2.75, 3.05) is 19.4 Å². The number of aromatic nitrogens is 2. The molecule has 1 atom stereocenters. The highest BCUT2D eigenvalue weighted by Gasteiger charge is 2.16. The molecule has 114 valence electrons. The molecule has 2 rings (SSSR count). The number of thioether (sulfide) groups is 1. The van der Waals surface area contributed by atoms with E-state index in [1.165, 1.54) is 11.1 Å². The van der Waals surface area contributed by atoms with E-state index in [1.54, 1.807) is 25.1 Å². The van der Waals surface area contributed by atoms with Gasteiger partial charge < -0.3 is 15.0 Å². The third kappa shape index (κ3) is 4.51. The first-order chi connectivity index (χ1) is 10.2. The Kier molecular flexibility index (Phi) is 6.14. The minimum atomic E-state index is 0.245. The summed E-state index contributed by atoms with van der Waals surface area (Å²) in [4.78, 5) is 7.40. The molecule has 21 heavy (non-hydrogen) atoms. The number of nitrogens with zero attached hydrogens (tertiary/aromatic N) is 1. The maximum Gasteiger partial charge on any atom is 0.165 e. The SMILES string of the molecule is CCCNC(CSc1ncc[nH]1)c1cc(C)ccc1OC. The molecule has 1 aromatic heterocycles. The van der Waals surface area contributed by atoms with Crippen LogP contribution in [0.4, 0.5) is 0 Å². The zero-order valence-electron chi connectivity index (χ0n) is 12.8. The second-order valence-electron chi connectivity index (χ2n) is 4.96. The highest BCUT2D eigenvalue weighted by Crippen LogP contribution is 2.30. The van der Waals surface area contributed by atoms with Gasteiger partial charge in [-0.2, -0.15) is 0 Å². The smallest absolute Gasteiger partial charge is 0.165 e. The molecule has 0 aliphatic rings. The summed E-state index contributed by atoms with van der Waals surface area (Å²) in [6.07, 6.45) is 4.74. The summed E-state index contributed by atoms with van der Waals surface area (Å²) in [6.45, 7) is 5.27. The molecule has 2 aromatic rings. The zero-order valence-corrected chi connectivity index (χ0v) is 13.7. The van der Waals surface area contributed by atoms with Crippen molar-refractivity contribution in [3.63, 3.8) is 0 Å². The van der Waals surface area contributed by atoms with Crippen LogP contribution in [0.5, 0.6) is 5.75 Å². The topological polar surface area (TPSA) is 49.9 Å². The minimum Gasteiger partial charge on any atom is -0.496 e. The lowest BCUT2D eigenvalue weighted by atomic mass is 10.0. The van der Waals surface area contributed by atoms with Gasteiger partial charge in [-0.05, 0) is 26.0 Å². The summed E-state index contributed by atoms with van der Waals surface area (Å²) >= 11 is 1.72. The van der Waals surface area contributed by atoms with E-state index in [-0.39, 0.29) is 6.04 Å². The van der Waals surface area contributed by atoms with Crippen LogP contribution in [0.2, 0.25) is 0 Å². The van der Waals surface area contributed by atoms with Crippen molar-refractivity contribution in [1.82, 2.24) is 15.3 Å². The minimum absolute atomic E-state index is 0.245. The van der Waals surface area contributed by atoms with E-state index in [9.17, 15) is 0 Å². The van der Waals surface area contributed by atoms with Crippen LogP contribution < -0.4 is 10.1 Å². The molecule has 0 fully saturated rings. The van der Waals surface area contributed by atoms with E-state index in [0.29, 0.717) is 0 Å². The molecule has 0 amide bonds. The van der Waals surface area contributed by atoms with Crippen LogP contribution in [0.15, 0.2) is 35.7 Å². The van der Waals surface area contributed by atoms with Crippen molar-refractivity contribution < 1.29 is 4.74 Å². The van der Waals surface area contributed by atoms with Crippen LogP contribution in [-0.2, 0) is 0 Å². The number of nitrogens with one attached hydrogen (secondary N) is 2. The average Bonchev–Trinajstić information content (AvgIpc) is 3.01. The molecule has 0 bridgehead atoms. The van der Waals surface area contributed by atoms with E-state index in [0.717, 1.165) is 29.6 Å². The number of aryl methyl sites for hydroxylation is 1. The van der Waals surface area contributed by atoms with Gasteiger partial charge in [0.05, 0.1) is 7.11 Å². The van der Waals surface area contributed by atoms with Crippen LogP contribution in [-0.4, -0.2) is 29.4 Å². The number of hydrogen-bond donors (Lipinski definition) is 2. The third-order valence-electron chi connectivity index (χ3n) is 3.26. The summed E-state index contributed by atoms with van der Waals surface area (Å²) < 4.78 is 5.53. The Labute approximate surface area is 130 Å². The molecule has 1 unspecified atom stereocenters. The maximum atomic E-state index is 5.53. The van der Waals surface area contributed by atoms with Gasteiger partial charge in [0.15, 0.2) is 5.16 Å². The molecule has 0 saturated heterocycles. The number of ether oxygens (including phenoxy) is 1. The first kappa shape index (κ1) is 15.9. The number of H-pyrrole nitrogens is 1. The standard InChI is InChI=1S/C16H23N3OS/c1-4-7-17-14(11-21-16-18-8-9-19-16)13-10-12(2)5-6-15(13)20-3/h5-6,8-10,14,17H,4,7,11H2,1-3H3,(H,18,19). The lowest BCUT2D eigenvalue weighted by Crippen LogP contribution is -2.24. The number of rotatable bonds is 8. The summed E-state index contributed by atoms with van der Waals surface area (Å²) in [5.74, 6) is 1.85. The van der Waals surface area contributed by atoms with Gasteiger partial charge in [0.1, 0.15) is 5.75 Å². The summed E-state index contributed by atoms with van der Waals surface area (Å²) in [7, 11) is 1.73. The van der Waals surface area contributed by atoms with Crippen molar-refractivity contribution in [3.8, 4) is 5.75 Å². The van der Waals surface area contributed by atoms with E-state index < -0.39 is 0 Å². The number of methoxy groups -OCH3 is 1. The molecule has 2 N–H and O–H groups in total. The number of aromatic amines is 1. The van der Waals surface area contributed by atoms with Gasteiger partial charge >= 0.3 is 0 Å². The van der Waals surface area contributed by atoms with Crippen LogP contribution in [0.25, 0.3) is 0 Å².